The van der Waals surface area contributed by atoms with Crippen molar-refractivity contribution < 1.29 is 10.0 Å². The van der Waals surface area contributed by atoms with Crippen LogP contribution < -0.4 is 5.73 Å². The van der Waals surface area contributed by atoms with Crippen molar-refractivity contribution in [3.8, 4) is 0 Å². The Morgan fingerprint density at radius 1 is 1.44 bits per heavy atom. The van der Waals surface area contributed by atoms with Crippen molar-refractivity contribution in [2.24, 2.45) is 10.9 Å². The number of carbonyl (C=O) groups is 1. The van der Waals surface area contributed by atoms with E-state index in [-0.39, 0.29) is 11.7 Å². The van der Waals surface area contributed by atoms with Gasteiger partial charge < -0.3 is 15.8 Å². The smallest absolute Gasteiger partial charge is 0.254 e. The first-order valence-electron chi connectivity index (χ1n) is 5.08. The molecule has 0 bridgehead atoms. The maximum absolute atomic E-state index is 12.1. The third-order valence-corrected chi connectivity index (χ3v) is 3.35. The SMILES string of the molecule is CC(C(N)=NO)N(C)C(=O)c1ccc(Cl)c(Cl)c1. The number of rotatable bonds is 3. The predicted octanol–water partition coefficient (Wildman–Crippen LogP) is 2.20. The highest BCUT2D eigenvalue weighted by molar-refractivity contribution is 6.42. The fourth-order valence-corrected chi connectivity index (χ4v) is 1.59. The van der Waals surface area contributed by atoms with Gasteiger partial charge >= 0.3 is 0 Å². The predicted molar refractivity (Wildman–Crippen MR) is 71.4 cm³/mol. The molecule has 1 unspecified atom stereocenters. The fourth-order valence-electron chi connectivity index (χ4n) is 1.29. The molecule has 18 heavy (non-hydrogen) atoms. The van der Waals surface area contributed by atoms with Gasteiger partial charge in [-0.1, -0.05) is 28.4 Å². The molecule has 7 heteroatoms. The molecule has 3 N–H and O–H groups in total. The minimum Gasteiger partial charge on any atom is -0.409 e. The normalized spacial score (nSPS) is 13.2. The largest absolute Gasteiger partial charge is 0.409 e. The van der Waals surface area contributed by atoms with Crippen molar-refractivity contribution in [2.75, 3.05) is 7.05 Å². The van der Waals surface area contributed by atoms with Crippen LogP contribution >= 0.6 is 23.2 Å². The summed E-state index contributed by atoms with van der Waals surface area (Å²) < 4.78 is 0. The lowest BCUT2D eigenvalue weighted by Crippen LogP contribution is -2.43. The molecule has 0 aliphatic heterocycles. The number of hydrogen-bond donors (Lipinski definition) is 2. The molecule has 0 saturated heterocycles. The summed E-state index contributed by atoms with van der Waals surface area (Å²) in [4.78, 5) is 13.4. The Bertz CT molecular complexity index is 491. The molecule has 1 aromatic carbocycles. The number of likely N-dealkylation sites (N-methyl/N-ethyl adjacent to an activating group) is 1. The lowest BCUT2D eigenvalue weighted by atomic mass is 10.1. The van der Waals surface area contributed by atoms with Gasteiger partial charge in [-0.3, -0.25) is 4.79 Å². The average molecular weight is 290 g/mol. The number of amides is 1. The van der Waals surface area contributed by atoms with Crippen LogP contribution in [0.1, 0.15) is 17.3 Å². The van der Waals surface area contributed by atoms with E-state index in [1.165, 1.54) is 11.0 Å². The zero-order valence-corrected chi connectivity index (χ0v) is 11.4. The van der Waals surface area contributed by atoms with E-state index >= 15 is 0 Å². The number of hydrogen-bond acceptors (Lipinski definition) is 3. The maximum atomic E-state index is 12.1. The number of halogens is 2. The van der Waals surface area contributed by atoms with Crippen LogP contribution in [0.5, 0.6) is 0 Å². The van der Waals surface area contributed by atoms with E-state index < -0.39 is 6.04 Å². The van der Waals surface area contributed by atoms with Crippen molar-refractivity contribution in [2.45, 2.75) is 13.0 Å². The first-order valence-corrected chi connectivity index (χ1v) is 5.83. The molecule has 0 spiro atoms. The van der Waals surface area contributed by atoms with Crippen LogP contribution in [-0.2, 0) is 0 Å². The van der Waals surface area contributed by atoms with Gasteiger partial charge in [-0.05, 0) is 25.1 Å². The Labute approximate surface area is 115 Å². The zero-order chi connectivity index (χ0) is 13.9. The molecule has 0 aliphatic carbocycles. The molecule has 98 valence electrons. The summed E-state index contributed by atoms with van der Waals surface area (Å²) in [5, 5.41) is 12.1. The van der Waals surface area contributed by atoms with Crippen LogP contribution in [0.15, 0.2) is 23.4 Å². The van der Waals surface area contributed by atoms with Crippen molar-refractivity contribution in [1.29, 1.82) is 0 Å². The van der Waals surface area contributed by atoms with Gasteiger partial charge in [0.25, 0.3) is 5.91 Å². The molecule has 1 aromatic rings. The highest BCUT2D eigenvalue weighted by Crippen LogP contribution is 2.23. The monoisotopic (exact) mass is 289 g/mol. The minimum atomic E-state index is -0.531. The van der Waals surface area contributed by atoms with Gasteiger partial charge in [0.05, 0.1) is 16.1 Å². The zero-order valence-electron chi connectivity index (χ0n) is 9.89. The lowest BCUT2D eigenvalue weighted by molar-refractivity contribution is 0.0776. The third-order valence-electron chi connectivity index (χ3n) is 2.61. The van der Waals surface area contributed by atoms with Crippen molar-refractivity contribution in [1.82, 2.24) is 4.90 Å². The van der Waals surface area contributed by atoms with Gasteiger partial charge in [0, 0.05) is 12.6 Å². The average Bonchev–Trinajstić information content (AvgIpc) is 2.38. The second-order valence-corrected chi connectivity index (χ2v) is 4.56. The Balaban J connectivity index is 2.96. The molecule has 0 aliphatic rings. The molecule has 1 rings (SSSR count). The number of nitrogens with zero attached hydrogens (tertiary/aromatic N) is 2. The van der Waals surface area contributed by atoms with Gasteiger partial charge in [0.2, 0.25) is 0 Å². The van der Waals surface area contributed by atoms with Gasteiger partial charge in [0.1, 0.15) is 0 Å². The molecule has 1 amide bonds. The summed E-state index contributed by atoms with van der Waals surface area (Å²) in [5.74, 6) is -0.349. The van der Waals surface area contributed by atoms with Gasteiger partial charge in [-0.2, -0.15) is 0 Å². The minimum absolute atomic E-state index is 0.0501. The topological polar surface area (TPSA) is 78.9 Å². The summed E-state index contributed by atoms with van der Waals surface area (Å²) in [6.07, 6.45) is 0. The highest BCUT2D eigenvalue weighted by Gasteiger charge is 2.21. The molecular formula is C11H13Cl2N3O2. The van der Waals surface area contributed by atoms with Crippen LogP contribution in [0.25, 0.3) is 0 Å². The van der Waals surface area contributed by atoms with Crippen LogP contribution in [0.4, 0.5) is 0 Å². The molecule has 0 saturated carbocycles. The van der Waals surface area contributed by atoms with E-state index in [1.54, 1.807) is 26.1 Å². The van der Waals surface area contributed by atoms with Gasteiger partial charge in [0.15, 0.2) is 5.84 Å². The van der Waals surface area contributed by atoms with E-state index in [1.807, 2.05) is 0 Å². The van der Waals surface area contributed by atoms with Crippen molar-refractivity contribution in [3.05, 3.63) is 33.8 Å². The second kappa shape index (κ2) is 5.93. The van der Waals surface area contributed by atoms with E-state index in [0.29, 0.717) is 15.6 Å². The Morgan fingerprint density at radius 2 is 2.06 bits per heavy atom. The third kappa shape index (κ3) is 3.05. The summed E-state index contributed by atoms with van der Waals surface area (Å²) in [7, 11) is 1.55. The molecule has 5 nitrogen and oxygen atoms in total. The number of amidine groups is 1. The standard InChI is InChI=1S/C11H13Cl2N3O2/c1-6(10(14)15-18)16(2)11(17)7-3-4-8(12)9(13)5-7/h3-6,18H,1-2H3,(H2,14,15). The van der Waals surface area contributed by atoms with E-state index in [9.17, 15) is 4.79 Å². The summed E-state index contributed by atoms with van der Waals surface area (Å²) in [6.45, 7) is 1.64. The number of carbonyl (C=O) groups excluding carboxylic acids is 1. The summed E-state index contributed by atoms with van der Waals surface area (Å²) in [6, 6.07) is 4.05. The van der Waals surface area contributed by atoms with Crippen LogP contribution in [0, 0.1) is 0 Å². The molecule has 0 aromatic heterocycles. The Hall–Kier alpha value is -1.46. The summed E-state index contributed by atoms with van der Waals surface area (Å²) >= 11 is 11.6. The second-order valence-electron chi connectivity index (χ2n) is 3.75. The fraction of sp³-hybridized carbons (Fsp3) is 0.273. The van der Waals surface area contributed by atoms with E-state index in [2.05, 4.69) is 5.16 Å². The highest BCUT2D eigenvalue weighted by atomic mass is 35.5. The lowest BCUT2D eigenvalue weighted by Gasteiger charge is -2.23. The van der Waals surface area contributed by atoms with Crippen molar-refractivity contribution >= 4 is 34.9 Å². The van der Waals surface area contributed by atoms with Gasteiger partial charge in [-0.15, -0.1) is 0 Å². The van der Waals surface area contributed by atoms with E-state index in [4.69, 9.17) is 34.1 Å². The molecular weight excluding hydrogens is 277 g/mol. The van der Waals surface area contributed by atoms with E-state index in [0.717, 1.165) is 0 Å². The van der Waals surface area contributed by atoms with Crippen LogP contribution in [0.2, 0.25) is 10.0 Å². The summed E-state index contributed by atoms with van der Waals surface area (Å²) in [5.41, 5.74) is 5.83. The van der Waals surface area contributed by atoms with Crippen LogP contribution in [-0.4, -0.2) is 34.9 Å². The number of benzene rings is 1. The maximum Gasteiger partial charge on any atom is 0.254 e. The molecule has 0 heterocycles. The molecule has 1 atom stereocenters. The molecule has 0 radical (unpaired) electrons. The number of oxime groups is 1. The van der Waals surface area contributed by atoms with Crippen LogP contribution in [0.3, 0.4) is 0 Å². The Kier molecular flexibility index (Phi) is 4.81. The van der Waals surface area contributed by atoms with Gasteiger partial charge in [-0.25, -0.2) is 0 Å². The first kappa shape index (κ1) is 14.6. The molecule has 0 fully saturated rings. The number of nitrogens with two attached hydrogens (primary N) is 1. The van der Waals surface area contributed by atoms with Crippen molar-refractivity contribution in [3.63, 3.8) is 0 Å². The first-order chi connectivity index (χ1) is 8.38. The Morgan fingerprint density at radius 3 is 2.56 bits per heavy atom. The quantitative estimate of drug-likeness (QED) is 0.387.